The van der Waals surface area contributed by atoms with Gasteiger partial charge in [-0.05, 0) is 62.1 Å². The number of sulfonamides is 1. The molecule has 2 aromatic rings. The SMILES string of the molecule is CCC(NC(=O)c1ccc(OC)c(S(=O)(=O)N2CCCCC2C)c1)c1ccc2c(c1)OCCO2. The molecule has 2 unspecified atom stereocenters. The lowest BCUT2D eigenvalue weighted by Gasteiger charge is -2.32. The van der Waals surface area contributed by atoms with E-state index in [2.05, 4.69) is 5.32 Å². The van der Waals surface area contributed by atoms with Crippen LogP contribution in [0.5, 0.6) is 17.2 Å². The summed E-state index contributed by atoms with van der Waals surface area (Å²) in [6.45, 7) is 5.35. The summed E-state index contributed by atoms with van der Waals surface area (Å²) in [5.41, 5.74) is 1.16. The van der Waals surface area contributed by atoms with Crippen LogP contribution in [0.1, 0.15) is 61.5 Å². The Hall–Kier alpha value is -2.78. The van der Waals surface area contributed by atoms with E-state index in [1.165, 1.54) is 17.5 Å². The Bertz CT molecular complexity index is 1150. The first-order valence-electron chi connectivity index (χ1n) is 11.8. The van der Waals surface area contributed by atoms with Gasteiger partial charge in [-0.25, -0.2) is 8.42 Å². The fourth-order valence-corrected chi connectivity index (χ4v) is 6.40. The molecule has 0 radical (unpaired) electrons. The molecule has 2 aromatic carbocycles. The van der Waals surface area contributed by atoms with Crippen molar-refractivity contribution in [3.05, 3.63) is 47.5 Å². The van der Waals surface area contributed by atoms with Crippen molar-refractivity contribution >= 4 is 15.9 Å². The number of hydrogen-bond acceptors (Lipinski definition) is 6. The van der Waals surface area contributed by atoms with Crippen LogP contribution in [0.2, 0.25) is 0 Å². The number of carbonyl (C=O) groups excluding carboxylic acids is 1. The van der Waals surface area contributed by atoms with E-state index in [4.69, 9.17) is 14.2 Å². The van der Waals surface area contributed by atoms with Crippen LogP contribution in [-0.2, 0) is 10.0 Å². The average molecular weight is 489 g/mol. The molecule has 2 aliphatic heterocycles. The predicted octanol–water partition coefficient (Wildman–Crippen LogP) is 3.91. The highest BCUT2D eigenvalue weighted by Crippen LogP contribution is 2.34. The minimum Gasteiger partial charge on any atom is -0.495 e. The van der Waals surface area contributed by atoms with E-state index in [-0.39, 0.29) is 34.2 Å². The van der Waals surface area contributed by atoms with Gasteiger partial charge >= 0.3 is 0 Å². The molecule has 34 heavy (non-hydrogen) atoms. The molecule has 1 N–H and O–H groups in total. The van der Waals surface area contributed by atoms with Gasteiger partial charge in [-0.1, -0.05) is 19.4 Å². The van der Waals surface area contributed by atoms with Gasteiger partial charge < -0.3 is 19.5 Å². The molecule has 0 bridgehead atoms. The number of amides is 1. The molecule has 1 fully saturated rings. The number of ether oxygens (including phenoxy) is 3. The summed E-state index contributed by atoms with van der Waals surface area (Å²) in [6.07, 6.45) is 3.29. The van der Waals surface area contributed by atoms with Gasteiger partial charge in [-0.2, -0.15) is 4.31 Å². The van der Waals surface area contributed by atoms with E-state index < -0.39 is 10.0 Å². The molecule has 0 aromatic heterocycles. The molecule has 2 atom stereocenters. The van der Waals surface area contributed by atoms with Crippen molar-refractivity contribution in [1.29, 1.82) is 0 Å². The molecule has 184 valence electrons. The van der Waals surface area contributed by atoms with Crippen LogP contribution in [0, 0.1) is 0 Å². The van der Waals surface area contributed by atoms with Crippen molar-refractivity contribution in [2.24, 2.45) is 0 Å². The lowest BCUT2D eigenvalue weighted by molar-refractivity contribution is 0.0935. The Morgan fingerprint density at radius 3 is 2.62 bits per heavy atom. The van der Waals surface area contributed by atoms with Crippen LogP contribution in [0.15, 0.2) is 41.3 Å². The molecular weight excluding hydrogens is 456 g/mol. The zero-order valence-electron chi connectivity index (χ0n) is 19.9. The van der Waals surface area contributed by atoms with Crippen molar-refractivity contribution in [1.82, 2.24) is 9.62 Å². The number of carbonyl (C=O) groups is 1. The molecule has 1 amide bonds. The molecule has 0 aliphatic carbocycles. The molecule has 0 spiro atoms. The molecule has 1 saturated heterocycles. The minimum atomic E-state index is -3.81. The minimum absolute atomic E-state index is 0.0174. The number of nitrogens with zero attached hydrogens (tertiary/aromatic N) is 1. The normalized spacial score (nSPS) is 19.3. The van der Waals surface area contributed by atoms with Gasteiger partial charge in [-0.15, -0.1) is 0 Å². The third-order valence-electron chi connectivity index (χ3n) is 6.44. The standard InChI is InChI=1S/C25H32N2O6S/c1-4-20(18-8-10-21-23(15-18)33-14-13-32-21)26-25(28)19-9-11-22(31-3)24(16-19)34(29,30)27-12-6-5-7-17(27)2/h8-11,15-17,20H,4-7,12-14H2,1-3H3,(H,26,28). The van der Waals surface area contributed by atoms with Gasteiger partial charge in [0.15, 0.2) is 11.5 Å². The lowest BCUT2D eigenvalue weighted by Crippen LogP contribution is -2.42. The van der Waals surface area contributed by atoms with E-state index in [0.717, 1.165) is 24.8 Å². The summed E-state index contributed by atoms with van der Waals surface area (Å²) < 4.78 is 45.1. The fraction of sp³-hybridized carbons (Fsp3) is 0.480. The van der Waals surface area contributed by atoms with Crippen molar-refractivity contribution in [2.45, 2.75) is 56.5 Å². The summed E-state index contributed by atoms with van der Waals surface area (Å²) in [7, 11) is -2.38. The zero-order valence-corrected chi connectivity index (χ0v) is 20.7. The first-order valence-corrected chi connectivity index (χ1v) is 13.2. The maximum absolute atomic E-state index is 13.5. The number of rotatable bonds is 7. The summed E-state index contributed by atoms with van der Waals surface area (Å²) in [6, 6.07) is 9.81. The Kier molecular flexibility index (Phi) is 7.33. The van der Waals surface area contributed by atoms with Crippen LogP contribution in [0.25, 0.3) is 0 Å². The molecule has 4 rings (SSSR count). The van der Waals surface area contributed by atoms with E-state index in [9.17, 15) is 13.2 Å². The van der Waals surface area contributed by atoms with Crippen molar-refractivity contribution < 1.29 is 27.4 Å². The van der Waals surface area contributed by atoms with Crippen molar-refractivity contribution in [3.8, 4) is 17.2 Å². The highest BCUT2D eigenvalue weighted by Gasteiger charge is 2.33. The second kappa shape index (κ2) is 10.2. The van der Waals surface area contributed by atoms with Gasteiger partial charge in [-0.3, -0.25) is 4.79 Å². The zero-order chi connectivity index (χ0) is 24.3. The van der Waals surface area contributed by atoms with Crippen LogP contribution < -0.4 is 19.5 Å². The van der Waals surface area contributed by atoms with Gasteiger partial charge in [0.1, 0.15) is 23.9 Å². The van der Waals surface area contributed by atoms with Crippen molar-refractivity contribution in [3.63, 3.8) is 0 Å². The number of piperidine rings is 1. The number of benzene rings is 2. The molecule has 8 nitrogen and oxygen atoms in total. The summed E-state index contributed by atoms with van der Waals surface area (Å²) in [5.74, 6) is 1.22. The Balaban J connectivity index is 1.59. The van der Waals surface area contributed by atoms with Crippen LogP contribution in [0.3, 0.4) is 0 Å². The molecule has 2 aliphatic rings. The Morgan fingerprint density at radius 2 is 1.91 bits per heavy atom. The van der Waals surface area contributed by atoms with E-state index in [0.29, 0.717) is 37.7 Å². The summed E-state index contributed by atoms with van der Waals surface area (Å²) in [4.78, 5) is 13.2. The quantitative estimate of drug-likeness (QED) is 0.635. The van der Waals surface area contributed by atoms with Crippen LogP contribution >= 0.6 is 0 Å². The van der Waals surface area contributed by atoms with Crippen molar-refractivity contribution in [2.75, 3.05) is 26.9 Å². The lowest BCUT2D eigenvalue weighted by atomic mass is 10.0. The topological polar surface area (TPSA) is 94.2 Å². The highest BCUT2D eigenvalue weighted by molar-refractivity contribution is 7.89. The highest BCUT2D eigenvalue weighted by atomic mass is 32.2. The number of nitrogens with one attached hydrogen (secondary N) is 1. The van der Waals surface area contributed by atoms with E-state index >= 15 is 0 Å². The third kappa shape index (κ3) is 4.86. The molecular formula is C25H32N2O6S. The largest absolute Gasteiger partial charge is 0.495 e. The summed E-state index contributed by atoms with van der Waals surface area (Å²) >= 11 is 0. The molecule has 9 heteroatoms. The number of fused-ring (bicyclic) bond motifs is 1. The number of methoxy groups -OCH3 is 1. The molecule has 2 heterocycles. The maximum Gasteiger partial charge on any atom is 0.251 e. The van der Waals surface area contributed by atoms with E-state index in [1.807, 2.05) is 32.0 Å². The smallest absolute Gasteiger partial charge is 0.251 e. The second-order valence-corrected chi connectivity index (χ2v) is 10.5. The predicted molar refractivity (Wildman–Crippen MR) is 128 cm³/mol. The fourth-order valence-electron chi connectivity index (χ4n) is 4.51. The molecule has 0 saturated carbocycles. The van der Waals surface area contributed by atoms with Gasteiger partial charge in [0, 0.05) is 18.2 Å². The second-order valence-electron chi connectivity index (χ2n) is 8.66. The average Bonchev–Trinajstić information content (AvgIpc) is 2.86. The first kappa shape index (κ1) is 24.3. The van der Waals surface area contributed by atoms with Gasteiger partial charge in [0.05, 0.1) is 13.2 Å². The monoisotopic (exact) mass is 488 g/mol. The van der Waals surface area contributed by atoms with Crippen LogP contribution in [-0.4, -0.2) is 51.5 Å². The Morgan fingerprint density at radius 1 is 1.15 bits per heavy atom. The maximum atomic E-state index is 13.5. The Labute approximate surface area is 201 Å². The third-order valence-corrected chi connectivity index (χ3v) is 8.47. The van der Waals surface area contributed by atoms with Gasteiger partial charge in [0.2, 0.25) is 10.0 Å². The first-order chi connectivity index (χ1) is 16.3. The van der Waals surface area contributed by atoms with Crippen LogP contribution in [0.4, 0.5) is 0 Å². The summed E-state index contributed by atoms with van der Waals surface area (Å²) in [5, 5.41) is 3.03. The number of hydrogen-bond donors (Lipinski definition) is 1. The van der Waals surface area contributed by atoms with Gasteiger partial charge in [0.25, 0.3) is 5.91 Å². The van der Waals surface area contributed by atoms with E-state index in [1.54, 1.807) is 12.1 Å².